The van der Waals surface area contributed by atoms with E-state index < -0.39 is 17.9 Å². The summed E-state index contributed by atoms with van der Waals surface area (Å²) < 4.78 is 14.7. The minimum Gasteiger partial charge on any atom is -0.466 e. The molecular weight excluding hydrogens is 310 g/mol. The van der Waals surface area contributed by atoms with Gasteiger partial charge in [-0.25, -0.2) is 9.59 Å². The third-order valence-electron chi connectivity index (χ3n) is 2.60. The van der Waals surface area contributed by atoms with Crippen LogP contribution in [0, 0.1) is 0 Å². The van der Waals surface area contributed by atoms with Crippen LogP contribution in [0.3, 0.4) is 0 Å². The smallest absolute Gasteiger partial charge is 0.348 e. The van der Waals surface area contributed by atoms with E-state index in [1.807, 2.05) is 0 Å². The molecule has 0 saturated heterocycles. The molecule has 2 N–H and O–H groups in total. The van der Waals surface area contributed by atoms with Crippen molar-refractivity contribution in [2.24, 2.45) is 0 Å². The minimum atomic E-state index is -0.675. The lowest BCUT2D eigenvalue weighted by Crippen LogP contribution is -2.16. The highest BCUT2D eigenvalue weighted by Crippen LogP contribution is 2.33. The second-order valence-corrected chi connectivity index (χ2v) is 5.12. The van der Waals surface area contributed by atoms with Gasteiger partial charge in [-0.3, -0.25) is 4.79 Å². The maximum absolute atomic E-state index is 12.0. The van der Waals surface area contributed by atoms with Crippen molar-refractivity contribution in [3.8, 4) is 0 Å². The van der Waals surface area contributed by atoms with Crippen LogP contribution in [0.1, 0.15) is 46.4 Å². The first-order chi connectivity index (χ1) is 10.5. The van der Waals surface area contributed by atoms with E-state index in [0.717, 1.165) is 11.3 Å². The number of carbonyl (C=O) groups excluding carboxylic acids is 3. The quantitative estimate of drug-likeness (QED) is 0.600. The Labute approximate surface area is 132 Å². The van der Waals surface area contributed by atoms with E-state index in [1.165, 1.54) is 0 Å². The second kappa shape index (κ2) is 8.38. The summed E-state index contributed by atoms with van der Waals surface area (Å²) in [7, 11) is 0. The number of esters is 3. The van der Waals surface area contributed by atoms with Gasteiger partial charge in [-0.2, -0.15) is 0 Å². The molecule has 0 fully saturated rings. The topological polar surface area (TPSA) is 105 Å². The zero-order valence-electron chi connectivity index (χ0n) is 12.8. The Kier molecular flexibility index (Phi) is 6.84. The van der Waals surface area contributed by atoms with Gasteiger partial charge in [0.25, 0.3) is 0 Å². The van der Waals surface area contributed by atoms with Crippen LogP contribution in [0.15, 0.2) is 0 Å². The molecule has 1 aromatic rings. The summed E-state index contributed by atoms with van der Waals surface area (Å²) in [6, 6.07) is 0. The van der Waals surface area contributed by atoms with Crippen LogP contribution in [0.25, 0.3) is 0 Å². The molecule has 122 valence electrons. The summed E-state index contributed by atoms with van der Waals surface area (Å²) in [6.45, 7) is 5.50. The average molecular weight is 329 g/mol. The molecule has 0 atom stereocenters. The van der Waals surface area contributed by atoms with Crippen molar-refractivity contribution >= 4 is 34.2 Å². The Morgan fingerprint density at radius 1 is 0.955 bits per heavy atom. The van der Waals surface area contributed by atoms with E-state index in [4.69, 9.17) is 19.9 Å². The molecule has 0 radical (unpaired) electrons. The van der Waals surface area contributed by atoms with E-state index in [-0.39, 0.29) is 47.2 Å². The van der Waals surface area contributed by atoms with E-state index in [2.05, 4.69) is 0 Å². The van der Waals surface area contributed by atoms with Crippen molar-refractivity contribution in [1.82, 2.24) is 0 Å². The van der Waals surface area contributed by atoms with Gasteiger partial charge in [0, 0.05) is 5.56 Å². The maximum atomic E-state index is 12.0. The number of anilines is 1. The highest BCUT2D eigenvalue weighted by atomic mass is 32.1. The predicted octanol–water partition coefficient (Wildman–Crippen LogP) is 1.79. The van der Waals surface area contributed by atoms with E-state index in [0.29, 0.717) is 0 Å². The molecule has 0 aliphatic rings. The molecule has 8 heteroatoms. The Morgan fingerprint density at radius 3 is 2.05 bits per heavy atom. The molecule has 0 amide bonds. The molecule has 0 aliphatic carbocycles. The number of hydrogen-bond acceptors (Lipinski definition) is 8. The molecule has 1 heterocycles. The SMILES string of the molecule is CCOC(=O)Cc1c(C(=O)OCC)sc(N)c1C(=O)OCC. The zero-order chi connectivity index (χ0) is 16.7. The summed E-state index contributed by atoms with van der Waals surface area (Å²) in [4.78, 5) is 35.8. The molecule has 7 nitrogen and oxygen atoms in total. The van der Waals surface area contributed by atoms with Crippen molar-refractivity contribution < 1.29 is 28.6 Å². The van der Waals surface area contributed by atoms with Crippen LogP contribution in [-0.4, -0.2) is 37.7 Å². The van der Waals surface area contributed by atoms with Crippen molar-refractivity contribution in [3.63, 3.8) is 0 Å². The van der Waals surface area contributed by atoms with Gasteiger partial charge in [0.1, 0.15) is 9.88 Å². The highest BCUT2D eigenvalue weighted by Gasteiger charge is 2.29. The number of nitrogen functional groups attached to an aromatic ring is 1. The summed E-state index contributed by atoms with van der Waals surface area (Å²) in [5.74, 6) is -1.86. The molecule has 1 rings (SSSR count). The third kappa shape index (κ3) is 4.20. The molecule has 0 spiro atoms. The number of nitrogens with two attached hydrogens (primary N) is 1. The number of thiophene rings is 1. The van der Waals surface area contributed by atoms with Gasteiger partial charge in [0.15, 0.2) is 0 Å². The first-order valence-corrected chi connectivity index (χ1v) is 7.68. The molecule has 0 unspecified atom stereocenters. The summed E-state index contributed by atoms with van der Waals surface area (Å²) in [6.07, 6.45) is -0.246. The lowest BCUT2D eigenvalue weighted by molar-refractivity contribution is -0.142. The standard InChI is InChI=1S/C14H19NO6S/c1-4-19-9(16)7-8-10(13(17)20-5-2)12(15)22-11(8)14(18)21-6-3/h4-7,15H2,1-3H3. The summed E-state index contributed by atoms with van der Waals surface area (Å²) in [5, 5.41) is 0.112. The van der Waals surface area contributed by atoms with Crippen LogP contribution >= 0.6 is 11.3 Å². The lowest BCUT2D eigenvalue weighted by atomic mass is 10.1. The van der Waals surface area contributed by atoms with E-state index in [9.17, 15) is 14.4 Å². The Hall–Kier alpha value is -2.09. The minimum absolute atomic E-state index is 0.0305. The first-order valence-electron chi connectivity index (χ1n) is 6.87. The molecule has 0 bridgehead atoms. The van der Waals surface area contributed by atoms with Gasteiger partial charge < -0.3 is 19.9 Å². The fourth-order valence-electron chi connectivity index (χ4n) is 1.80. The van der Waals surface area contributed by atoms with Gasteiger partial charge >= 0.3 is 17.9 Å². The van der Waals surface area contributed by atoms with Gasteiger partial charge in [0.05, 0.1) is 31.8 Å². The second-order valence-electron chi connectivity index (χ2n) is 4.07. The normalized spacial score (nSPS) is 10.1. The Morgan fingerprint density at radius 2 is 1.50 bits per heavy atom. The average Bonchev–Trinajstić information content (AvgIpc) is 2.76. The van der Waals surface area contributed by atoms with Gasteiger partial charge in [0.2, 0.25) is 0 Å². The predicted molar refractivity (Wildman–Crippen MR) is 81.0 cm³/mol. The monoisotopic (exact) mass is 329 g/mol. The molecule has 0 saturated carbocycles. The lowest BCUT2D eigenvalue weighted by Gasteiger charge is -2.07. The molecule has 22 heavy (non-hydrogen) atoms. The summed E-state index contributed by atoms with van der Waals surface area (Å²) >= 11 is 0.898. The maximum Gasteiger partial charge on any atom is 0.348 e. The number of rotatable bonds is 7. The van der Waals surface area contributed by atoms with E-state index >= 15 is 0 Å². The number of hydrogen-bond donors (Lipinski definition) is 1. The Balaban J connectivity index is 3.27. The van der Waals surface area contributed by atoms with Crippen molar-refractivity contribution in [1.29, 1.82) is 0 Å². The van der Waals surface area contributed by atoms with Gasteiger partial charge in [-0.05, 0) is 20.8 Å². The van der Waals surface area contributed by atoms with Crippen molar-refractivity contribution in [2.75, 3.05) is 25.6 Å². The van der Waals surface area contributed by atoms with Crippen LogP contribution in [-0.2, 0) is 25.4 Å². The molecule has 0 aromatic carbocycles. The first kappa shape index (κ1) is 18.0. The van der Waals surface area contributed by atoms with E-state index in [1.54, 1.807) is 20.8 Å². The molecule has 1 aromatic heterocycles. The third-order valence-corrected chi connectivity index (χ3v) is 3.64. The largest absolute Gasteiger partial charge is 0.466 e. The van der Waals surface area contributed by atoms with Gasteiger partial charge in [-0.1, -0.05) is 0 Å². The summed E-state index contributed by atoms with van der Waals surface area (Å²) in [5.41, 5.74) is 6.04. The van der Waals surface area contributed by atoms with Crippen LogP contribution in [0.5, 0.6) is 0 Å². The van der Waals surface area contributed by atoms with Crippen LogP contribution in [0.2, 0.25) is 0 Å². The number of ether oxygens (including phenoxy) is 3. The van der Waals surface area contributed by atoms with Crippen molar-refractivity contribution in [2.45, 2.75) is 27.2 Å². The zero-order valence-corrected chi connectivity index (χ0v) is 13.6. The fourth-order valence-corrected chi connectivity index (χ4v) is 2.77. The fraction of sp³-hybridized carbons (Fsp3) is 0.500. The molecular formula is C14H19NO6S. The highest BCUT2D eigenvalue weighted by molar-refractivity contribution is 7.18. The van der Waals surface area contributed by atoms with Gasteiger partial charge in [-0.15, -0.1) is 11.3 Å². The van der Waals surface area contributed by atoms with Crippen molar-refractivity contribution in [3.05, 3.63) is 16.0 Å². The number of carbonyl (C=O) groups is 3. The Bertz CT molecular complexity index is 566. The van der Waals surface area contributed by atoms with Crippen LogP contribution in [0.4, 0.5) is 5.00 Å². The van der Waals surface area contributed by atoms with Crippen LogP contribution < -0.4 is 5.73 Å². The molecule has 0 aliphatic heterocycles.